The predicted octanol–water partition coefficient (Wildman–Crippen LogP) is 10.5. The number of carbonyl (C=O) groups is 3. The minimum Gasteiger partial charge on any atom is -0.480 e. The van der Waals surface area contributed by atoms with Gasteiger partial charge in [0.15, 0.2) is 6.10 Å². The third-order valence-corrected chi connectivity index (χ3v) is 9.96. The lowest BCUT2D eigenvalue weighted by Crippen LogP contribution is -2.34. The van der Waals surface area contributed by atoms with Crippen LogP contribution in [0.15, 0.2) is 12.2 Å². The largest absolute Gasteiger partial charge is 0.480 e. The Hall–Kier alpha value is -1.78. The molecule has 1 unspecified atom stereocenters. The molecule has 0 spiro atoms. The van der Waals surface area contributed by atoms with Crippen molar-refractivity contribution in [1.29, 1.82) is 0 Å². The summed E-state index contributed by atoms with van der Waals surface area (Å²) in [5, 5.41) is 8.87. The number of allylic oxidation sites excluding steroid dienone is 2. The third-order valence-electron chi connectivity index (χ3n) is 9.01. The summed E-state index contributed by atoms with van der Waals surface area (Å²) in [6.07, 6.45) is 34.1. The van der Waals surface area contributed by atoms with Crippen LogP contribution in [0.2, 0.25) is 0 Å². The maximum absolute atomic E-state index is 12.6. The number of aliphatic carboxylic acids is 1. The highest BCUT2D eigenvalue weighted by Gasteiger charge is 2.28. The van der Waals surface area contributed by atoms with Crippen LogP contribution in [0.3, 0.4) is 0 Å². The van der Waals surface area contributed by atoms with Crippen molar-refractivity contribution in [2.75, 3.05) is 19.8 Å². The van der Waals surface area contributed by atoms with Gasteiger partial charge in [0.25, 0.3) is 0 Å². The molecule has 3 atom stereocenters. The first kappa shape index (κ1) is 50.2. The van der Waals surface area contributed by atoms with Crippen molar-refractivity contribution in [2.24, 2.45) is 5.73 Å². The van der Waals surface area contributed by atoms with E-state index < -0.39 is 51.1 Å². The van der Waals surface area contributed by atoms with Crippen molar-refractivity contribution in [3.05, 3.63) is 12.2 Å². The van der Waals surface area contributed by atoms with E-state index in [9.17, 15) is 23.8 Å². The molecule has 0 heterocycles. The van der Waals surface area contributed by atoms with E-state index in [2.05, 4.69) is 30.5 Å². The number of hydrogen-bond acceptors (Lipinski definition) is 9. The number of hydrogen-bond donors (Lipinski definition) is 3. The molecule has 0 aliphatic carbocycles. The van der Waals surface area contributed by atoms with Crippen molar-refractivity contribution in [2.45, 2.75) is 206 Å². The molecule has 0 amide bonds. The standard InChI is InChI=1S/C40H76NO10P/c1-3-5-7-9-11-13-15-17-18-20-22-24-26-28-30-32-39(43)51-36(34-49-52(46,47)50-35-37(41)40(44)45)33-48-38(42)31-29-27-25-23-21-19-16-14-12-10-8-6-4-2/h13,15,36-37H,3-12,14,16-35,41H2,1-2H3,(H,44,45)(H,46,47)/b15-13-/t36-,37+/m1/s1. The summed E-state index contributed by atoms with van der Waals surface area (Å²) in [5.41, 5.74) is 5.32. The Balaban J connectivity index is 4.38. The summed E-state index contributed by atoms with van der Waals surface area (Å²) in [6.45, 7) is 2.79. The number of carbonyl (C=O) groups excluding carboxylic acids is 2. The molecule has 0 saturated heterocycles. The summed E-state index contributed by atoms with van der Waals surface area (Å²) in [7, 11) is -4.71. The molecule has 0 aromatic carbocycles. The zero-order valence-electron chi connectivity index (χ0n) is 32.9. The zero-order valence-corrected chi connectivity index (χ0v) is 33.8. The number of unbranched alkanes of at least 4 members (excludes halogenated alkanes) is 23. The van der Waals surface area contributed by atoms with Gasteiger partial charge in [-0.2, -0.15) is 0 Å². The second-order valence-corrected chi connectivity index (χ2v) is 15.6. The number of carboxylic acid groups (broad SMARTS) is 1. The third kappa shape index (κ3) is 35.3. The van der Waals surface area contributed by atoms with Gasteiger partial charge in [0.05, 0.1) is 13.2 Å². The Morgan fingerprint density at radius 2 is 0.962 bits per heavy atom. The van der Waals surface area contributed by atoms with Crippen LogP contribution in [0, 0.1) is 0 Å². The van der Waals surface area contributed by atoms with Crippen LogP contribution >= 0.6 is 7.82 Å². The van der Waals surface area contributed by atoms with Crippen molar-refractivity contribution >= 4 is 25.7 Å². The normalized spacial score (nSPS) is 13.9. The molecule has 0 radical (unpaired) electrons. The SMILES string of the molecule is CCCCCC/C=C\CCCCCCCCCC(=O)O[C@H](COC(=O)CCCCCCCCCCCCCCC)COP(=O)(O)OC[C@H](N)C(=O)O. The van der Waals surface area contributed by atoms with Crippen LogP contribution in [-0.2, 0) is 37.5 Å². The fourth-order valence-corrected chi connectivity index (χ4v) is 6.48. The molecule has 0 rings (SSSR count). The number of nitrogens with two attached hydrogens (primary N) is 1. The lowest BCUT2D eigenvalue weighted by molar-refractivity contribution is -0.161. The maximum Gasteiger partial charge on any atom is 0.472 e. The topological polar surface area (TPSA) is 172 Å². The van der Waals surface area contributed by atoms with Gasteiger partial charge in [-0.05, 0) is 38.5 Å². The number of rotatable bonds is 39. The van der Waals surface area contributed by atoms with Gasteiger partial charge >= 0.3 is 25.7 Å². The van der Waals surface area contributed by atoms with E-state index in [1.165, 1.54) is 109 Å². The van der Waals surface area contributed by atoms with Crippen molar-refractivity contribution in [3.8, 4) is 0 Å². The van der Waals surface area contributed by atoms with Crippen LogP contribution in [0.25, 0.3) is 0 Å². The molecule has 4 N–H and O–H groups in total. The van der Waals surface area contributed by atoms with Crippen LogP contribution in [0.4, 0.5) is 0 Å². The summed E-state index contributed by atoms with van der Waals surface area (Å²) >= 11 is 0. The van der Waals surface area contributed by atoms with Gasteiger partial charge in [-0.3, -0.25) is 23.4 Å². The van der Waals surface area contributed by atoms with Gasteiger partial charge in [0.2, 0.25) is 0 Å². The fraction of sp³-hybridized carbons (Fsp3) is 0.875. The number of carboxylic acids is 1. The predicted molar refractivity (Wildman–Crippen MR) is 208 cm³/mol. The summed E-state index contributed by atoms with van der Waals surface area (Å²) < 4.78 is 32.6. The van der Waals surface area contributed by atoms with Gasteiger partial charge in [0, 0.05) is 12.8 Å². The van der Waals surface area contributed by atoms with E-state index in [0.29, 0.717) is 12.8 Å². The van der Waals surface area contributed by atoms with E-state index in [1.54, 1.807) is 0 Å². The molecule has 0 aromatic heterocycles. The Morgan fingerprint density at radius 3 is 1.42 bits per heavy atom. The highest BCUT2D eigenvalue weighted by molar-refractivity contribution is 7.47. The molecule has 0 aliphatic rings. The minimum absolute atomic E-state index is 0.160. The first-order valence-corrected chi connectivity index (χ1v) is 22.2. The van der Waals surface area contributed by atoms with Gasteiger partial charge < -0.3 is 25.2 Å². The van der Waals surface area contributed by atoms with Gasteiger partial charge in [-0.1, -0.05) is 154 Å². The van der Waals surface area contributed by atoms with E-state index in [-0.39, 0.29) is 19.4 Å². The van der Waals surface area contributed by atoms with E-state index >= 15 is 0 Å². The summed E-state index contributed by atoms with van der Waals surface area (Å²) in [5.74, 6) is -2.37. The molecule has 0 saturated carbocycles. The quantitative estimate of drug-likeness (QED) is 0.0235. The Morgan fingerprint density at radius 1 is 0.577 bits per heavy atom. The molecule has 0 aromatic rings. The molecular formula is C40H76NO10P. The number of phosphoric acid groups is 1. The lowest BCUT2D eigenvalue weighted by Gasteiger charge is -2.20. The van der Waals surface area contributed by atoms with Gasteiger partial charge in [-0.15, -0.1) is 0 Å². The van der Waals surface area contributed by atoms with Crippen molar-refractivity contribution < 1.29 is 47.5 Å². The average Bonchev–Trinajstić information content (AvgIpc) is 3.12. The lowest BCUT2D eigenvalue weighted by atomic mass is 10.0. The molecule has 12 heteroatoms. The number of ether oxygens (including phenoxy) is 2. The van der Waals surface area contributed by atoms with Crippen LogP contribution < -0.4 is 5.73 Å². The van der Waals surface area contributed by atoms with Crippen molar-refractivity contribution in [3.63, 3.8) is 0 Å². The summed E-state index contributed by atoms with van der Waals surface area (Å²) in [4.78, 5) is 45.8. The Bertz CT molecular complexity index is 947. The monoisotopic (exact) mass is 762 g/mol. The maximum atomic E-state index is 12.6. The molecule has 0 bridgehead atoms. The number of phosphoric ester groups is 1. The minimum atomic E-state index is -4.71. The molecule has 0 aliphatic heterocycles. The first-order valence-electron chi connectivity index (χ1n) is 20.7. The van der Waals surface area contributed by atoms with Crippen LogP contribution in [0.5, 0.6) is 0 Å². The second-order valence-electron chi connectivity index (χ2n) is 14.1. The van der Waals surface area contributed by atoms with E-state index in [4.69, 9.17) is 24.8 Å². The Kier molecular flexibility index (Phi) is 35.0. The van der Waals surface area contributed by atoms with Crippen molar-refractivity contribution in [1.82, 2.24) is 0 Å². The highest BCUT2D eigenvalue weighted by atomic mass is 31.2. The summed E-state index contributed by atoms with van der Waals surface area (Å²) in [6, 6.07) is -1.52. The smallest absolute Gasteiger partial charge is 0.472 e. The Labute approximate surface area is 316 Å². The highest BCUT2D eigenvalue weighted by Crippen LogP contribution is 2.43. The molecule has 52 heavy (non-hydrogen) atoms. The molecule has 11 nitrogen and oxygen atoms in total. The van der Waals surface area contributed by atoms with Gasteiger partial charge in [0.1, 0.15) is 12.6 Å². The van der Waals surface area contributed by atoms with Crippen LogP contribution in [0.1, 0.15) is 194 Å². The molecular weight excluding hydrogens is 685 g/mol. The fourth-order valence-electron chi connectivity index (χ4n) is 5.71. The van der Waals surface area contributed by atoms with E-state index in [0.717, 1.165) is 44.9 Å². The number of esters is 2. The second kappa shape index (κ2) is 36.2. The first-order chi connectivity index (χ1) is 25.1. The van der Waals surface area contributed by atoms with Gasteiger partial charge in [-0.25, -0.2) is 4.57 Å². The van der Waals surface area contributed by atoms with E-state index in [1.807, 2.05) is 0 Å². The average molecular weight is 762 g/mol. The zero-order chi connectivity index (χ0) is 38.5. The van der Waals surface area contributed by atoms with Crippen LogP contribution in [-0.4, -0.2) is 59.9 Å². The molecule has 306 valence electrons. The molecule has 0 fully saturated rings.